The lowest BCUT2D eigenvalue weighted by atomic mass is 10.2. The van der Waals surface area contributed by atoms with Crippen molar-refractivity contribution in [3.8, 4) is 0 Å². The molecule has 3 rings (SSSR count). The molecule has 0 radical (unpaired) electrons. The molecule has 0 aliphatic carbocycles. The largest absolute Gasteiger partial charge is 0.397 e. The fraction of sp³-hybridized carbons (Fsp3) is 0.600. The number of nitrogens with two attached hydrogens (primary N) is 1. The summed E-state index contributed by atoms with van der Waals surface area (Å²) in [5.74, 6) is 0. The number of sulfonamides is 2. The van der Waals surface area contributed by atoms with Crippen LogP contribution in [0.15, 0.2) is 21.9 Å². The summed E-state index contributed by atoms with van der Waals surface area (Å²) >= 11 is 0. The van der Waals surface area contributed by atoms with Gasteiger partial charge in [0, 0.05) is 26.2 Å². The number of nitrogen functional groups attached to an aromatic ring is 1. The molecule has 2 aliphatic rings. The predicted molar refractivity (Wildman–Crippen MR) is 91.6 cm³/mol. The van der Waals surface area contributed by atoms with Crippen LogP contribution in [0.2, 0.25) is 0 Å². The normalized spacial score (nSPS) is 20.7. The van der Waals surface area contributed by atoms with Crippen LogP contribution in [-0.2, 0) is 20.0 Å². The molecule has 0 unspecified atom stereocenters. The van der Waals surface area contributed by atoms with E-state index in [0.29, 0.717) is 31.7 Å². The second-order valence-electron chi connectivity index (χ2n) is 6.37. The van der Waals surface area contributed by atoms with Crippen LogP contribution in [0, 0.1) is 6.92 Å². The quantitative estimate of drug-likeness (QED) is 0.798. The Morgan fingerprint density at radius 1 is 0.833 bits per heavy atom. The van der Waals surface area contributed by atoms with Crippen molar-refractivity contribution < 1.29 is 16.8 Å². The molecular weight excluding hydrogens is 350 g/mol. The SMILES string of the molecule is Cc1cc(S(=O)(=O)N2CCCC2)cc(S(=O)(=O)N2CCCC2)c1N. The molecule has 0 aromatic heterocycles. The Morgan fingerprint density at radius 3 is 1.79 bits per heavy atom. The summed E-state index contributed by atoms with van der Waals surface area (Å²) in [6.07, 6.45) is 3.27. The summed E-state index contributed by atoms with van der Waals surface area (Å²) < 4.78 is 54.0. The molecule has 2 N–H and O–H groups in total. The molecule has 2 aliphatic heterocycles. The molecule has 24 heavy (non-hydrogen) atoms. The van der Waals surface area contributed by atoms with Gasteiger partial charge in [0.1, 0.15) is 4.90 Å². The molecule has 0 atom stereocenters. The second kappa shape index (κ2) is 6.29. The highest BCUT2D eigenvalue weighted by Gasteiger charge is 2.33. The fourth-order valence-electron chi connectivity index (χ4n) is 3.24. The Hall–Kier alpha value is -1.16. The molecule has 2 heterocycles. The van der Waals surface area contributed by atoms with E-state index < -0.39 is 20.0 Å². The van der Waals surface area contributed by atoms with Crippen LogP contribution in [0.5, 0.6) is 0 Å². The van der Waals surface area contributed by atoms with Crippen molar-refractivity contribution in [3.05, 3.63) is 17.7 Å². The first-order valence-electron chi connectivity index (χ1n) is 8.15. The highest BCUT2D eigenvalue weighted by atomic mass is 32.2. The Kier molecular flexibility index (Phi) is 4.63. The van der Waals surface area contributed by atoms with Crippen LogP contribution in [0.25, 0.3) is 0 Å². The van der Waals surface area contributed by atoms with E-state index in [9.17, 15) is 16.8 Å². The van der Waals surface area contributed by atoms with Gasteiger partial charge in [0.2, 0.25) is 20.0 Å². The van der Waals surface area contributed by atoms with Gasteiger partial charge in [-0.3, -0.25) is 0 Å². The zero-order valence-corrected chi connectivity index (χ0v) is 15.4. The number of nitrogens with zero attached hydrogens (tertiary/aromatic N) is 2. The van der Waals surface area contributed by atoms with Gasteiger partial charge in [0.25, 0.3) is 0 Å². The lowest BCUT2D eigenvalue weighted by Gasteiger charge is -2.21. The highest BCUT2D eigenvalue weighted by Crippen LogP contribution is 2.32. The van der Waals surface area contributed by atoms with E-state index in [2.05, 4.69) is 0 Å². The summed E-state index contributed by atoms with van der Waals surface area (Å²) in [4.78, 5) is -0.0870. The third-order valence-electron chi connectivity index (χ3n) is 4.71. The number of aryl methyl sites for hydroxylation is 1. The van der Waals surface area contributed by atoms with Crippen LogP contribution in [0.1, 0.15) is 31.2 Å². The molecule has 2 fully saturated rings. The van der Waals surface area contributed by atoms with E-state index in [1.165, 1.54) is 20.7 Å². The van der Waals surface area contributed by atoms with Gasteiger partial charge < -0.3 is 5.73 Å². The van der Waals surface area contributed by atoms with Crippen molar-refractivity contribution in [1.82, 2.24) is 8.61 Å². The maximum absolute atomic E-state index is 12.8. The van der Waals surface area contributed by atoms with Gasteiger partial charge in [0.05, 0.1) is 10.6 Å². The van der Waals surface area contributed by atoms with Gasteiger partial charge in [-0.05, 0) is 50.3 Å². The van der Waals surface area contributed by atoms with Gasteiger partial charge in [-0.25, -0.2) is 16.8 Å². The third kappa shape index (κ3) is 2.94. The zero-order chi connectivity index (χ0) is 17.5. The Bertz CT molecular complexity index is 838. The fourth-order valence-corrected chi connectivity index (χ4v) is 6.68. The van der Waals surface area contributed by atoms with Crippen molar-refractivity contribution >= 4 is 25.7 Å². The van der Waals surface area contributed by atoms with Gasteiger partial charge in [0.15, 0.2) is 0 Å². The van der Waals surface area contributed by atoms with Crippen molar-refractivity contribution in [2.24, 2.45) is 0 Å². The van der Waals surface area contributed by atoms with Crippen molar-refractivity contribution in [2.45, 2.75) is 42.4 Å². The second-order valence-corrected chi connectivity index (χ2v) is 10.2. The lowest BCUT2D eigenvalue weighted by molar-refractivity contribution is 0.475. The lowest BCUT2D eigenvalue weighted by Crippen LogP contribution is -2.30. The van der Waals surface area contributed by atoms with E-state index in [0.717, 1.165) is 25.7 Å². The smallest absolute Gasteiger partial charge is 0.245 e. The Labute approximate surface area is 143 Å². The van der Waals surface area contributed by atoms with E-state index in [-0.39, 0.29) is 15.5 Å². The summed E-state index contributed by atoms with van der Waals surface area (Å²) in [5.41, 5.74) is 6.58. The molecule has 0 saturated carbocycles. The first kappa shape index (κ1) is 17.7. The minimum Gasteiger partial charge on any atom is -0.397 e. The van der Waals surface area contributed by atoms with Gasteiger partial charge in [-0.15, -0.1) is 0 Å². The number of benzene rings is 1. The summed E-state index contributed by atoms with van der Waals surface area (Å²) in [6.45, 7) is 3.48. The molecule has 0 spiro atoms. The Morgan fingerprint density at radius 2 is 1.29 bits per heavy atom. The van der Waals surface area contributed by atoms with Gasteiger partial charge in [-0.1, -0.05) is 0 Å². The molecule has 1 aromatic carbocycles. The monoisotopic (exact) mass is 373 g/mol. The van der Waals surface area contributed by atoms with Crippen LogP contribution in [-0.4, -0.2) is 51.6 Å². The first-order valence-corrected chi connectivity index (χ1v) is 11.0. The minimum atomic E-state index is -3.77. The standard InChI is InChI=1S/C15H23N3O4S2/c1-12-10-13(23(19,20)17-6-2-3-7-17)11-14(15(12)16)24(21,22)18-8-4-5-9-18/h10-11H,2-9,16H2,1H3. The number of anilines is 1. The van der Waals surface area contributed by atoms with E-state index in [4.69, 9.17) is 5.73 Å². The molecule has 1 aromatic rings. The molecule has 2 saturated heterocycles. The van der Waals surface area contributed by atoms with Crippen LogP contribution in [0.3, 0.4) is 0 Å². The summed E-state index contributed by atoms with van der Waals surface area (Å²) in [7, 11) is -7.46. The minimum absolute atomic E-state index is 0.00821. The summed E-state index contributed by atoms with van der Waals surface area (Å²) in [6, 6.07) is 2.69. The van der Waals surface area contributed by atoms with Crippen LogP contribution < -0.4 is 5.73 Å². The van der Waals surface area contributed by atoms with E-state index >= 15 is 0 Å². The molecule has 0 bridgehead atoms. The first-order chi connectivity index (χ1) is 11.2. The number of rotatable bonds is 4. The molecular formula is C15H23N3O4S2. The topological polar surface area (TPSA) is 101 Å². The van der Waals surface area contributed by atoms with Crippen LogP contribution >= 0.6 is 0 Å². The molecule has 0 amide bonds. The third-order valence-corrected chi connectivity index (χ3v) is 8.52. The average molecular weight is 374 g/mol. The van der Waals surface area contributed by atoms with Gasteiger partial charge >= 0.3 is 0 Å². The molecule has 9 heteroatoms. The van der Waals surface area contributed by atoms with Crippen LogP contribution in [0.4, 0.5) is 5.69 Å². The van der Waals surface area contributed by atoms with Crippen molar-refractivity contribution in [2.75, 3.05) is 31.9 Å². The maximum Gasteiger partial charge on any atom is 0.245 e. The maximum atomic E-state index is 12.8. The number of hydrogen-bond acceptors (Lipinski definition) is 5. The van der Waals surface area contributed by atoms with Crippen molar-refractivity contribution in [3.63, 3.8) is 0 Å². The zero-order valence-electron chi connectivity index (χ0n) is 13.7. The van der Waals surface area contributed by atoms with E-state index in [1.807, 2.05) is 0 Å². The molecule has 134 valence electrons. The molecule has 7 nitrogen and oxygen atoms in total. The highest BCUT2D eigenvalue weighted by molar-refractivity contribution is 7.90. The predicted octanol–water partition coefficient (Wildman–Crippen LogP) is 1.15. The van der Waals surface area contributed by atoms with Crippen molar-refractivity contribution in [1.29, 1.82) is 0 Å². The van der Waals surface area contributed by atoms with E-state index in [1.54, 1.807) is 6.92 Å². The van der Waals surface area contributed by atoms with Gasteiger partial charge in [-0.2, -0.15) is 8.61 Å². The summed E-state index contributed by atoms with van der Waals surface area (Å²) in [5, 5.41) is 0. The Balaban J connectivity index is 2.10. The number of hydrogen-bond donors (Lipinski definition) is 1. The average Bonchev–Trinajstić information content (AvgIpc) is 3.23.